The summed E-state index contributed by atoms with van der Waals surface area (Å²) in [7, 11) is 0. The van der Waals surface area contributed by atoms with Crippen molar-refractivity contribution in [3.05, 3.63) is 65.7 Å². The van der Waals surface area contributed by atoms with Gasteiger partial charge in [0.25, 0.3) is 0 Å². The molecule has 6 nitrogen and oxygen atoms in total. The van der Waals surface area contributed by atoms with E-state index in [1.165, 1.54) is 49.0 Å². The second kappa shape index (κ2) is 8.98. The summed E-state index contributed by atoms with van der Waals surface area (Å²) in [6.07, 6.45) is 7.08. The van der Waals surface area contributed by atoms with Crippen LogP contribution in [0.5, 0.6) is 0 Å². The van der Waals surface area contributed by atoms with Crippen molar-refractivity contribution in [3.63, 3.8) is 0 Å². The van der Waals surface area contributed by atoms with Gasteiger partial charge in [-0.3, -0.25) is 9.69 Å². The van der Waals surface area contributed by atoms with Crippen LogP contribution in [0.1, 0.15) is 56.1 Å². The van der Waals surface area contributed by atoms with Gasteiger partial charge in [0, 0.05) is 12.1 Å². The Morgan fingerprint density at radius 2 is 1.54 bits per heavy atom. The SMILES string of the molecule is O=C(Nc1ccc(C23CC4CC(CC(C4)C2)C3)cc1)[C@@H]1C[C@H](O)CN1C(=O)OCc1ccccc1. The molecule has 7 rings (SSSR count). The first-order valence-corrected chi connectivity index (χ1v) is 13.0. The molecule has 4 saturated carbocycles. The molecule has 5 aliphatic rings. The molecule has 2 aromatic carbocycles. The number of aliphatic hydroxyl groups is 1. The molecule has 0 aromatic heterocycles. The lowest BCUT2D eigenvalue weighted by atomic mass is 9.48. The van der Waals surface area contributed by atoms with Crippen molar-refractivity contribution < 1.29 is 19.4 Å². The van der Waals surface area contributed by atoms with Gasteiger partial charge in [0.1, 0.15) is 12.6 Å². The summed E-state index contributed by atoms with van der Waals surface area (Å²) in [5.41, 5.74) is 3.34. The lowest BCUT2D eigenvalue weighted by Crippen LogP contribution is -2.48. The fourth-order valence-corrected chi connectivity index (χ4v) is 7.66. The van der Waals surface area contributed by atoms with Gasteiger partial charge in [0.15, 0.2) is 0 Å². The monoisotopic (exact) mass is 474 g/mol. The van der Waals surface area contributed by atoms with Crippen LogP contribution in [0, 0.1) is 17.8 Å². The molecule has 5 fully saturated rings. The second-order valence-electron chi connectivity index (χ2n) is 11.4. The number of carbonyl (C=O) groups excluding carboxylic acids is 2. The van der Waals surface area contributed by atoms with E-state index in [0.717, 1.165) is 29.0 Å². The number of amides is 2. The molecule has 2 atom stereocenters. The molecule has 0 unspecified atom stereocenters. The molecule has 35 heavy (non-hydrogen) atoms. The summed E-state index contributed by atoms with van der Waals surface area (Å²) in [5.74, 6) is 2.38. The zero-order valence-electron chi connectivity index (χ0n) is 20.1. The fraction of sp³-hybridized carbons (Fsp3) is 0.517. The van der Waals surface area contributed by atoms with Crippen molar-refractivity contribution in [2.24, 2.45) is 17.8 Å². The lowest BCUT2D eigenvalue weighted by Gasteiger charge is -2.57. The summed E-state index contributed by atoms with van der Waals surface area (Å²) < 4.78 is 5.42. The average molecular weight is 475 g/mol. The maximum atomic E-state index is 13.1. The Bertz CT molecular complexity index is 1050. The van der Waals surface area contributed by atoms with Crippen LogP contribution < -0.4 is 5.32 Å². The Morgan fingerprint density at radius 3 is 2.17 bits per heavy atom. The van der Waals surface area contributed by atoms with Gasteiger partial charge in [-0.1, -0.05) is 42.5 Å². The Morgan fingerprint density at radius 1 is 0.914 bits per heavy atom. The average Bonchev–Trinajstić information content (AvgIpc) is 3.25. The zero-order chi connectivity index (χ0) is 24.0. The minimum atomic E-state index is -0.754. The largest absolute Gasteiger partial charge is 0.445 e. The highest BCUT2D eigenvalue weighted by Gasteiger charge is 2.51. The van der Waals surface area contributed by atoms with Crippen LogP contribution in [0.15, 0.2) is 54.6 Å². The predicted octanol–water partition coefficient (Wildman–Crippen LogP) is 4.86. The number of nitrogens with one attached hydrogen (secondary N) is 1. The van der Waals surface area contributed by atoms with E-state index >= 15 is 0 Å². The van der Waals surface area contributed by atoms with Crippen molar-refractivity contribution in [1.29, 1.82) is 0 Å². The third-order valence-corrected chi connectivity index (χ3v) is 8.82. The van der Waals surface area contributed by atoms with E-state index in [2.05, 4.69) is 17.4 Å². The molecular formula is C29H34N2O4. The number of β-amino-alcohol motifs (C(OH)–C–C–N with tert-alkyl or cyclic N) is 1. The van der Waals surface area contributed by atoms with Gasteiger partial charge in [0.05, 0.1) is 12.6 Å². The number of ether oxygens (including phenoxy) is 1. The number of anilines is 1. The minimum Gasteiger partial charge on any atom is -0.445 e. The fourth-order valence-electron chi connectivity index (χ4n) is 7.66. The third-order valence-electron chi connectivity index (χ3n) is 8.82. The summed E-state index contributed by atoms with van der Waals surface area (Å²) in [4.78, 5) is 27.1. The maximum Gasteiger partial charge on any atom is 0.410 e. The number of nitrogens with zero attached hydrogens (tertiary/aromatic N) is 1. The van der Waals surface area contributed by atoms with Crippen LogP contribution in [-0.2, 0) is 21.6 Å². The topological polar surface area (TPSA) is 78.9 Å². The summed E-state index contributed by atoms with van der Waals surface area (Å²) in [6.45, 7) is 0.225. The first kappa shape index (κ1) is 22.6. The van der Waals surface area contributed by atoms with E-state index < -0.39 is 18.2 Å². The van der Waals surface area contributed by atoms with E-state index in [1.54, 1.807) is 0 Å². The highest BCUT2D eigenvalue weighted by molar-refractivity contribution is 5.97. The standard InChI is InChI=1S/C29H34N2O4/c32-25-13-26(31(17-25)28(34)35-18-19-4-2-1-3-5-19)27(33)30-24-8-6-23(7-9-24)29-14-20-10-21(15-29)12-22(11-20)16-29/h1-9,20-22,25-26,32H,10-18H2,(H,30,33)/t20?,21?,22?,25-,26-,29?/m0/s1. The van der Waals surface area contributed by atoms with Crippen LogP contribution in [0.25, 0.3) is 0 Å². The molecule has 0 spiro atoms. The molecule has 2 N–H and O–H groups in total. The summed E-state index contributed by atoms with van der Waals surface area (Å²) in [5, 5.41) is 13.1. The minimum absolute atomic E-state index is 0.0939. The molecule has 2 amide bonds. The first-order valence-electron chi connectivity index (χ1n) is 13.0. The number of carbonyl (C=O) groups is 2. The van der Waals surface area contributed by atoms with Crippen LogP contribution >= 0.6 is 0 Å². The van der Waals surface area contributed by atoms with Crippen molar-refractivity contribution in [1.82, 2.24) is 4.90 Å². The summed E-state index contributed by atoms with van der Waals surface area (Å²) >= 11 is 0. The molecule has 0 radical (unpaired) electrons. The molecule has 184 valence electrons. The van der Waals surface area contributed by atoms with Crippen molar-refractivity contribution in [2.75, 3.05) is 11.9 Å². The van der Waals surface area contributed by atoms with Gasteiger partial charge in [-0.25, -0.2) is 4.79 Å². The number of likely N-dealkylation sites (tertiary alicyclic amines) is 1. The van der Waals surface area contributed by atoms with Gasteiger partial charge in [-0.15, -0.1) is 0 Å². The Labute approximate surface area is 206 Å². The molecule has 4 aliphatic carbocycles. The molecule has 1 heterocycles. The molecule has 6 heteroatoms. The number of benzene rings is 2. The first-order chi connectivity index (χ1) is 17.0. The van der Waals surface area contributed by atoms with Crippen LogP contribution in [0.4, 0.5) is 10.5 Å². The number of hydrogen-bond donors (Lipinski definition) is 2. The predicted molar refractivity (Wildman–Crippen MR) is 133 cm³/mol. The molecule has 2 aromatic rings. The van der Waals surface area contributed by atoms with Crippen molar-refractivity contribution >= 4 is 17.7 Å². The Kier molecular flexibility index (Phi) is 5.79. The second-order valence-corrected chi connectivity index (χ2v) is 11.4. The van der Waals surface area contributed by atoms with Gasteiger partial charge in [0.2, 0.25) is 5.91 Å². The quantitative estimate of drug-likeness (QED) is 0.648. The van der Waals surface area contributed by atoms with E-state index in [0.29, 0.717) is 5.41 Å². The molecular weight excluding hydrogens is 440 g/mol. The Hall–Kier alpha value is -2.86. The van der Waals surface area contributed by atoms with Gasteiger partial charge in [-0.05, 0) is 85.0 Å². The van der Waals surface area contributed by atoms with Gasteiger partial charge < -0.3 is 15.2 Å². The lowest BCUT2D eigenvalue weighted by molar-refractivity contribution is -0.120. The van der Waals surface area contributed by atoms with E-state index in [9.17, 15) is 14.7 Å². The van der Waals surface area contributed by atoms with Crippen LogP contribution in [0.3, 0.4) is 0 Å². The van der Waals surface area contributed by atoms with Crippen molar-refractivity contribution in [3.8, 4) is 0 Å². The third kappa shape index (κ3) is 4.44. The molecule has 1 saturated heterocycles. The highest BCUT2D eigenvalue weighted by Crippen LogP contribution is 2.60. The maximum absolute atomic E-state index is 13.1. The molecule has 1 aliphatic heterocycles. The van der Waals surface area contributed by atoms with Crippen LogP contribution in [-0.4, -0.2) is 40.7 Å². The normalized spacial score (nSPS) is 33.1. The zero-order valence-corrected chi connectivity index (χ0v) is 20.1. The van der Waals surface area contributed by atoms with E-state index in [-0.39, 0.29) is 25.5 Å². The Balaban J connectivity index is 1.10. The van der Waals surface area contributed by atoms with E-state index in [1.807, 2.05) is 42.5 Å². The smallest absolute Gasteiger partial charge is 0.410 e. The van der Waals surface area contributed by atoms with Crippen LogP contribution in [0.2, 0.25) is 0 Å². The van der Waals surface area contributed by atoms with Crippen molar-refractivity contribution in [2.45, 2.75) is 69.1 Å². The molecule has 4 bridgehead atoms. The van der Waals surface area contributed by atoms with Gasteiger partial charge in [-0.2, -0.15) is 0 Å². The number of hydrogen-bond acceptors (Lipinski definition) is 4. The number of aliphatic hydroxyl groups excluding tert-OH is 1. The number of rotatable bonds is 5. The highest BCUT2D eigenvalue weighted by atomic mass is 16.6. The van der Waals surface area contributed by atoms with Gasteiger partial charge >= 0.3 is 6.09 Å². The van der Waals surface area contributed by atoms with E-state index in [4.69, 9.17) is 4.74 Å². The summed E-state index contributed by atoms with van der Waals surface area (Å²) in [6, 6.07) is 17.0.